The van der Waals surface area contributed by atoms with E-state index in [1.807, 2.05) is 26.0 Å². The Morgan fingerprint density at radius 1 is 1.22 bits per heavy atom. The van der Waals surface area contributed by atoms with Gasteiger partial charge in [0.2, 0.25) is 11.8 Å². The molecule has 1 heterocycles. The molecule has 5 heteroatoms. The van der Waals surface area contributed by atoms with Crippen molar-refractivity contribution in [2.45, 2.75) is 45.6 Å². The van der Waals surface area contributed by atoms with E-state index in [2.05, 4.69) is 0 Å². The van der Waals surface area contributed by atoms with Crippen LogP contribution in [0.25, 0.3) is 0 Å². The first-order valence-corrected chi connectivity index (χ1v) is 8.75. The van der Waals surface area contributed by atoms with Gasteiger partial charge in [-0.1, -0.05) is 24.4 Å². The number of carbonyl (C=O) groups excluding carboxylic acids is 2. The maximum atomic E-state index is 12.8. The molecule has 3 rings (SSSR count). The smallest absolute Gasteiger partial charge is 0.249 e. The molecular weight excluding hydrogens is 312 g/mol. The van der Waals surface area contributed by atoms with Gasteiger partial charge < -0.3 is 9.80 Å². The zero-order valence-electron chi connectivity index (χ0n) is 13.7. The SMILES string of the molecule is Cc1cc(Cl)ccc1N1CCN(C(=O)C2CCCC2)C(C)C1=O. The van der Waals surface area contributed by atoms with Crippen LogP contribution >= 0.6 is 11.6 Å². The van der Waals surface area contributed by atoms with Crippen molar-refractivity contribution in [2.24, 2.45) is 5.92 Å². The van der Waals surface area contributed by atoms with Crippen LogP contribution in [0.3, 0.4) is 0 Å². The maximum Gasteiger partial charge on any atom is 0.249 e. The van der Waals surface area contributed by atoms with Gasteiger partial charge in [0, 0.05) is 29.7 Å². The van der Waals surface area contributed by atoms with Crippen molar-refractivity contribution in [1.82, 2.24) is 4.90 Å². The average Bonchev–Trinajstić information content (AvgIpc) is 3.04. The van der Waals surface area contributed by atoms with E-state index >= 15 is 0 Å². The van der Waals surface area contributed by atoms with E-state index in [9.17, 15) is 9.59 Å². The highest BCUT2D eigenvalue weighted by molar-refractivity contribution is 6.30. The average molecular weight is 335 g/mol. The van der Waals surface area contributed by atoms with E-state index in [0.717, 1.165) is 36.9 Å². The van der Waals surface area contributed by atoms with Crippen LogP contribution in [0, 0.1) is 12.8 Å². The maximum absolute atomic E-state index is 12.8. The third-order valence-corrected chi connectivity index (χ3v) is 5.33. The zero-order chi connectivity index (χ0) is 16.6. The second-order valence-corrected chi connectivity index (χ2v) is 7.05. The second kappa shape index (κ2) is 6.52. The Morgan fingerprint density at radius 3 is 2.57 bits per heavy atom. The van der Waals surface area contributed by atoms with Crippen LogP contribution < -0.4 is 4.90 Å². The Bertz CT molecular complexity index is 625. The van der Waals surface area contributed by atoms with E-state index in [-0.39, 0.29) is 17.7 Å². The van der Waals surface area contributed by atoms with Crippen LogP contribution in [-0.2, 0) is 9.59 Å². The van der Waals surface area contributed by atoms with Gasteiger partial charge in [-0.05, 0) is 50.5 Å². The van der Waals surface area contributed by atoms with Crippen molar-refractivity contribution >= 4 is 29.1 Å². The topological polar surface area (TPSA) is 40.6 Å². The fraction of sp³-hybridized carbons (Fsp3) is 0.556. The highest BCUT2D eigenvalue weighted by Gasteiger charge is 2.38. The zero-order valence-corrected chi connectivity index (χ0v) is 14.5. The Labute approximate surface area is 142 Å². The predicted octanol–water partition coefficient (Wildman–Crippen LogP) is 3.40. The first kappa shape index (κ1) is 16.3. The van der Waals surface area contributed by atoms with E-state index in [4.69, 9.17) is 11.6 Å². The molecule has 23 heavy (non-hydrogen) atoms. The summed E-state index contributed by atoms with van der Waals surface area (Å²) in [6, 6.07) is 5.16. The summed E-state index contributed by atoms with van der Waals surface area (Å²) in [6.07, 6.45) is 4.19. The summed E-state index contributed by atoms with van der Waals surface area (Å²) in [5.74, 6) is 0.276. The van der Waals surface area contributed by atoms with E-state index in [0.29, 0.717) is 18.1 Å². The minimum absolute atomic E-state index is 0.00646. The van der Waals surface area contributed by atoms with Crippen molar-refractivity contribution in [1.29, 1.82) is 0 Å². The molecule has 0 bridgehead atoms. The van der Waals surface area contributed by atoms with E-state index in [1.165, 1.54) is 0 Å². The molecule has 0 N–H and O–H groups in total. The lowest BCUT2D eigenvalue weighted by Gasteiger charge is -2.40. The number of aryl methyl sites for hydroxylation is 1. The number of piperazine rings is 1. The lowest BCUT2D eigenvalue weighted by molar-refractivity contribution is -0.143. The number of nitrogens with zero attached hydrogens (tertiary/aromatic N) is 2. The highest BCUT2D eigenvalue weighted by Crippen LogP contribution is 2.30. The van der Waals surface area contributed by atoms with Gasteiger partial charge >= 0.3 is 0 Å². The first-order valence-electron chi connectivity index (χ1n) is 8.37. The van der Waals surface area contributed by atoms with Crippen LogP contribution in [0.2, 0.25) is 5.02 Å². The number of amides is 2. The Morgan fingerprint density at radius 2 is 1.91 bits per heavy atom. The molecule has 1 atom stereocenters. The number of hydrogen-bond acceptors (Lipinski definition) is 2. The fourth-order valence-corrected chi connectivity index (χ4v) is 3.97. The van der Waals surface area contributed by atoms with Crippen LogP contribution in [0.5, 0.6) is 0 Å². The summed E-state index contributed by atoms with van der Waals surface area (Å²) in [5, 5.41) is 0.668. The van der Waals surface area contributed by atoms with Crippen LogP contribution in [0.1, 0.15) is 38.2 Å². The molecule has 1 aromatic rings. The molecular formula is C18H23ClN2O2. The van der Waals surface area contributed by atoms with Gasteiger partial charge in [-0.25, -0.2) is 0 Å². The van der Waals surface area contributed by atoms with Crippen LogP contribution in [-0.4, -0.2) is 35.8 Å². The largest absolute Gasteiger partial charge is 0.329 e. The number of benzene rings is 1. The quantitative estimate of drug-likeness (QED) is 0.831. The fourth-order valence-electron chi connectivity index (χ4n) is 3.74. The molecule has 1 saturated heterocycles. The Kier molecular flexibility index (Phi) is 4.62. The van der Waals surface area contributed by atoms with Crippen molar-refractivity contribution in [3.8, 4) is 0 Å². The van der Waals surface area contributed by atoms with Crippen LogP contribution in [0.4, 0.5) is 5.69 Å². The summed E-state index contributed by atoms with van der Waals surface area (Å²) in [5.41, 5.74) is 1.87. The monoisotopic (exact) mass is 334 g/mol. The molecule has 1 aliphatic carbocycles. The lowest BCUT2D eigenvalue weighted by Crippen LogP contribution is -2.58. The van der Waals surface area contributed by atoms with Crippen molar-refractivity contribution < 1.29 is 9.59 Å². The van der Waals surface area contributed by atoms with Gasteiger partial charge in [-0.2, -0.15) is 0 Å². The molecule has 2 fully saturated rings. The minimum atomic E-state index is -0.396. The Balaban J connectivity index is 1.77. The van der Waals surface area contributed by atoms with Gasteiger partial charge in [-0.3, -0.25) is 9.59 Å². The van der Waals surface area contributed by atoms with Crippen molar-refractivity contribution in [2.75, 3.05) is 18.0 Å². The normalized spacial score (nSPS) is 22.7. The first-order chi connectivity index (χ1) is 11.0. The third-order valence-electron chi connectivity index (χ3n) is 5.09. The molecule has 0 radical (unpaired) electrons. The summed E-state index contributed by atoms with van der Waals surface area (Å²) < 4.78 is 0. The number of hydrogen-bond donors (Lipinski definition) is 0. The summed E-state index contributed by atoms with van der Waals surface area (Å²) in [7, 11) is 0. The molecule has 1 saturated carbocycles. The number of carbonyl (C=O) groups is 2. The predicted molar refractivity (Wildman–Crippen MR) is 91.7 cm³/mol. The number of rotatable bonds is 2. The van der Waals surface area contributed by atoms with Gasteiger partial charge in [0.1, 0.15) is 6.04 Å². The number of halogens is 1. The molecule has 1 aromatic carbocycles. The molecule has 2 amide bonds. The standard InChI is InChI=1S/C18H23ClN2O2/c1-12-11-15(19)7-8-16(12)21-10-9-20(13(2)17(21)22)18(23)14-5-3-4-6-14/h7-8,11,13-14H,3-6,9-10H2,1-2H3. The van der Waals surface area contributed by atoms with E-state index < -0.39 is 6.04 Å². The molecule has 0 aromatic heterocycles. The summed E-state index contributed by atoms with van der Waals surface area (Å²) in [4.78, 5) is 29.0. The van der Waals surface area contributed by atoms with Gasteiger partial charge in [0.25, 0.3) is 0 Å². The van der Waals surface area contributed by atoms with E-state index in [1.54, 1.807) is 15.9 Å². The lowest BCUT2D eigenvalue weighted by atomic mass is 10.0. The summed E-state index contributed by atoms with van der Waals surface area (Å²) in [6.45, 7) is 4.94. The van der Waals surface area contributed by atoms with Gasteiger partial charge in [0.05, 0.1) is 0 Å². The van der Waals surface area contributed by atoms with Gasteiger partial charge in [0.15, 0.2) is 0 Å². The Hall–Kier alpha value is -1.55. The van der Waals surface area contributed by atoms with Gasteiger partial charge in [-0.15, -0.1) is 0 Å². The minimum Gasteiger partial charge on any atom is -0.329 e. The third kappa shape index (κ3) is 3.09. The second-order valence-electron chi connectivity index (χ2n) is 6.61. The molecule has 124 valence electrons. The molecule has 0 spiro atoms. The number of anilines is 1. The molecule has 2 aliphatic rings. The molecule has 1 aliphatic heterocycles. The van der Waals surface area contributed by atoms with Crippen molar-refractivity contribution in [3.63, 3.8) is 0 Å². The summed E-state index contributed by atoms with van der Waals surface area (Å²) >= 11 is 6.00. The molecule has 4 nitrogen and oxygen atoms in total. The van der Waals surface area contributed by atoms with Crippen molar-refractivity contribution in [3.05, 3.63) is 28.8 Å². The van der Waals surface area contributed by atoms with Crippen LogP contribution in [0.15, 0.2) is 18.2 Å². The highest BCUT2D eigenvalue weighted by atomic mass is 35.5. The molecule has 1 unspecified atom stereocenters.